The molecule has 2 rings (SSSR count). The van der Waals surface area contributed by atoms with Crippen LogP contribution < -0.4 is 0 Å². The van der Waals surface area contributed by atoms with E-state index in [1.807, 2.05) is 0 Å². The number of aryl methyl sites for hydroxylation is 1. The van der Waals surface area contributed by atoms with Gasteiger partial charge in [0, 0.05) is 24.5 Å². The zero-order valence-corrected chi connectivity index (χ0v) is 11.8. The molecule has 17 heavy (non-hydrogen) atoms. The summed E-state index contributed by atoms with van der Waals surface area (Å²) in [5, 5.41) is 3.48. The van der Waals surface area contributed by atoms with Gasteiger partial charge >= 0.3 is 0 Å². The fourth-order valence-electron chi connectivity index (χ4n) is 2.15. The summed E-state index contributed by atoms with van der Waals surface area (Å²) in [6.07, 6.45) is 2.64. The lowest BCUT2D eigenvalue weighted by Gasteiger charge is -2.36. The van der Waals surface area contributed by atoms with Gasteiger partial charge in [0.1, 0.15) is 0 Å². The molecule has 0 saturated carbocycles. The summed E-state index contributed by atoms with van der Waals surface area (Å²) in [5.41, 5.74) is 1.22. The molecule has 1 aromatic rings. The molecule has 96 valence electrons. The molecule has 0 unspecified atom stereocenters. The van der Waals surface area contributed by atoms with Crippen molar-refractivity contribution < 1.29 is 4.74 Å². The van der Waals surface area contributed by atoms with E-state index in [0.717, 1.165) is 26.1 Å². The fourth-order valence-corrected chi connectivity index (χ4v) is 3.04. The van der Waals surface area contributed by atoms with Crippen LogP contribution in [0.25, 0.3) is 0 Å². The molecular weight excluding hydrogens is 232 g/mol. The number of hydrogen-bond donors (Lipinski definition) is 0. The third-order valence-electron chi connectivity index (χ3n) is 3.17. The molecule has 0 amide bonds. The third kappa shape index (κ3) is 3.50. The lowest BCUT2D eigenvalue weighted by molar-refractivity contribution is -0.0530. The monoisotopic (exact) mass is 254 g/mol. The van der Waals surface area contributed by atoms with Crippen molar-refractivity contribution in [2.24, 2.45) is 0 Å². The van der Waals surface area contributed by atoms with Crippen LogP contribution in [0.5, 0.6) is 0 Å². The minimum atomic E-state index is 0.347. The number of nitrogens with zero attached hydrogens (tertiary/aromatic N) is 2. The summed E-state index contributed by atoms with van der Waals surface area (Å²) in [7, 11) is 0. The summed E-state index contributed by atoms with van der Waals surface area (Å²) in [5.74, 6) is 0. The summed E-state index contributed by atoms with van der Waals surface area (Å²) < 4.78 is 5.64. The molecule has 0 spiro atoms. The molecule has 3 nitrogen and oxygen atoms in total. The van der Waals surface area contributed by atoms with E-state index in [1.165, 1.54) is 17.1 Å². The molecule has 1 aromatic heterocycles. The van der Waals surface area contributed by atoms with Crippen molar-refractivity contribution in [2.45, 2.75) is 52.3 Å². The van der Waals surface area contributed by atoms with Gasteiger partial charge in [-0.25, -0.2) is 4.98 Å². The van der Waals surface area contributed by atoms with E-state index in [1.54, 1.807) is 11.3 Å². The minimum Gasteiger partial charge on any atom is -0.376 e. The summed E-state index contributed by atoms with van der Waals surface area (Å²) in [6.45, 7) is 9.39. The number of aromatic nitrogens is 1. The molecular formula is C13H22N2OS. The molecule has 1 saturated heterocycles. The van der Waals surface area contributed by atoms with Crippen LogP contribution in [-0.2, 0) is 17.7 Å². The topological polar surface area (TPSA) is 25.4 Å². The molecule has 0 bridgehead atoms. The maximum Gasteiger partial charge on any atom is 0.0928 e. The maximum atomic E-state index is 5.64. The highest BCUT2D eigenvalue weighted by molar-refractivity contribution is 7.09. The molecule has 2 atom stereocenters. The average Bonchev–Trinajstić information content (AvgIpc) is 2.72. The van der Waals surface area contributed by atoms with E-state index in [4.69, 9.17) is 4.74 Å². The van der Waals surface area contributed by atoms with Crippen molar-refractivity contribution in [1.29, 1.82) is 0 Å². The highest BCUT2D eigenvalue weighted by Gasteiger charge is 2.23. The lowest BCUT2D eigenvalue weighted by Crippen LogP contribution is -2.46. The molecule has 1 aliphatic rings. The fraction of sp³-hybridized carbons (Fsp3) is 0.769. The second-order valence-electron chi connectivity index (χ2n) is 4.90. The second kappa shape index (κ2) is 5.94. The Kier molecular flexibility index (Phi) is 4.54. The first-order chi connectivity index (χ1) is 8.19. The predicted octanol–water partition coefficient (Wildman–Crippen LogP) is 2.70. The Morgan fingerprint density at radius 3 is 3.12 bits per heavy atom. The molecule has 1 fully saturated rings. The number of morpholine rings is 1. The van der Waals surface area contributed by atoms with E-state index in [2.05, 4.69) is 36.0 Å². The normalized spacial score (nSPS) is 26.3. The standard InChI is InChI=1S/C13H22N2OS/c1-4-5-13-14-12(9-17-13)7-15-6-11(3)16-8-10(15)2/h9-11H,4-8H2,1-3H3/t10-,11-/m0/s1. The van der Waals surface area contributed by atoms with Crippen LogP contribution in [0.3, 0.4) is 0 Å². The van der Waals surface area contributed by atoms with E-state index >= 15 is 0 Å². The molecule has 0 aromatic carbocycles. The third-order valence-corrected chi connectivity index (χ3v) is 4.12. The van der Waals surface area contributed by atoms with Gasteiger partial charge in [-0.1, -0.05) is 6.92 Å². The molecule has 1 aliphatic heterocycles. The number of ether oxygens (including phenoxy) is 1. The smallest absolute Gasteiger partial charge is 0.0928 e. The van der Waals surface area contributed by atoms with Gasteiger partial charge in [-0.05, 0) is 26.7 Å². The van der Waals surface area contributed by atoms with Gasteiger partial charge in [-0.3, -0.25) is 4.90 Å². The van der Waals surface area contributed by atoms with E-state index in [0.29, 0.717) is 12.1 Å². The maximum absolute atomic E-state index is 5.64. The first kappa shape index (κ1) is 13.0. The van der Waals surface area contributed by atoms with Gasteiger partial charge in [-0.15, -0.1) is 11.3 Å². The van der Waals surface area contributed by atoms with Crippen molar-refractivity contribution in [1.82, 2.24) is 9.88 Å². The van der Waals surface area contributed by atoms with Crippen LogP contribution >= 0.6 is 11.3 Å². The van der Waals surface area contributed by atoms with Crippen LogP contribution in [0.4, 0.5) is 0 Å². The van der Waals surface area contributed by atoms with Gasteiger partial charge in [0.05, 0.1) is 23.4 Å². The first-order valence-corrected chi connectivity index (χ1v) is 7.36. The SMILES string of the molecule is CCCc1nc(CN2C[C@H](C)OC[C@@H]2C)cs1. The molecule has 2 heterocycles. The highest BCUT2D eigenvalue weighted by atomic mass is 32.1. The Bertz CT molecular complexity index is 353. The Morgan fingerprint density at radius 2 is 2.35 bits per heavy atom. The Hall–Kier alpha value is -0.450. The minimum absolute atomic E-state index is 0.347. The first-order valence-electron chi connectivity index (χ1n) is 6.48. The van der Waals surface area contributed by atoms with E-state index in [-0.39, 0.29) is 0 Å². The Labute approximate surface area is 108 Å². The predicted molar refractivity (Wildman–Crippen MR) is 71.4 cm³/mol. The van der Waals surface area contributed by atoms with Crippen LogP contribution in [0.15, 0.2) is 5.38 Å². The molecule has 0 radical (unpaired) electrons. The van der Waals surface area contributed by atoms with Gasteiger partial charge in [-0.2, -0.15) is 0 Å². The van der Waals surface area contributed by atoms with Crippen molar-refractivity contribution >= 4 is 11.3 Å². The van der Waals surface area contributed by atoms with Crippen molar-refractivity contribution in [3.8, 4) is 0 Å². The summed E-state index contributed by atoms with van der Waals surface area (Å²) >= 11 is 1.80. The number of rotatable bonds is 4. The van der Waals surface area contributed by atoms with Crippen LogP contribution in [0, 0.1) is 0 Å². The largest absolute Gasteiger partial charge is 0.376 e. The van der Waals surface area contributed by atoms with E-state index in [9.17, 15) is 0 Å². The van der Waals surface area contributed by atoms with Gasteiger partial charge in [0.15, 0.2) is 0 Å². The van der Waals surface area contributed by atoms with Crippen LogP contribution in [0.1, 0.15) is 37.9 Å². The molecule has 0 N–H and O–H groups in total. The second-order valence-corrected chi connectivity index (χ2v) is 5.85. The highest BCUT2D eigenvalue weighted by Crippen LogP contribution is 2.17. The van der Waals surface area contributed by atoms with Crippen molar-refractivity contribution in [3.05, 3.63) is 16.1 Å². The molecule has 4 heteroatoms. The zero-order chi connectivity index (χ0) is 12.3. The van der Waals surface area contributed by atoms with Crippen molar-refractivity contribution in [3.63, 3.8) is 0 Å². The van der Waals surface area contributed by atoms with E-state index < -0.39 is 0 Å². The van der Waals surface area contributed by atoms with Gasteiger partial charge in [0.25, 0.3) is 0 Å². The average molecular weight is 254 g/mol. The van der Waals surface area contributed by atoms with Crippen LogP contribution in [-0.4, -0.2) is 35.2 Å². The summed E-state index contributed by atoms with van der Waals surface area (Å²) in [4.78, 5) is 7.16. The lowest BCUT2D eigenvalue weighted by atomic mass is 10.2. The van der Waals surface area contributed by atoms with Crippen LogP contribution in [0.2, 0.25) is 0 Å². The zero-order valence-electron chi connectivity index (χ0n) is 11.0. The Morgan fingerprint density at radius 1 is 1.53 bits per heavy atom. The van der Waals surface area contributed by atoms with Gasteiger partial charge < -0.3 is 4.74 Å². The number of hydrogen-bond acceptors (Lipinski definition) is 4. The number of thiazole rings is 1. The van der Waals surface area contributed by atoms with Crippen molar-refractivity contribution in [2.75, 3.05) is 13.2 Å². The Balaban J connectivity index is 1.94. The quantitative estimate of drug-likeness (QED) is 0.826. The molecule has 0 aliphatic carbocycles. The summed E-state index contributed by atoms with van der Waals surface area (Å²) in [6, 6.07) is 0.502. The van der Waals surface area contributed by atoms with Gasteiger partial charge in [0.2, 0.25) is 0 Å².